The van der Waals surface area contributed by atoms with Crippen LogP contribution in [0.25, 0.3) is 0 Å². The minimum atomic E-state index is -0.259. The van der Waals surface area contributed by atoms with Gasteiger partial charge in [-0.05, 0) is 13.5 Å². The first-order valence-corrected chi connectivity index (χ1v) is 6.50. The first-order chi connectivity index (χ1) is 8.67. The van der Waals surface area contributed by atoms with Crippen LogP contribution in [-0.4, -0.2) is 55.5 Å². The second kappa shape index (κ2) is 7.72. The van der Waals surface area contributed by atoms with E-state index < -0.39 is 0 Å². The molecule has 1 N–H and O–H groups in total. The summed E-state index contributed by atoms with van der Waals surface area (Å²) in [7, 11) is 2.07. The van der Waals surface area contributed by atoms with Crippen LogP contribution in [0.2, 0.25) is 0 Å². The van der Waals surface area contributed by atoms with Gasteiger partial charge in [0.05, 0.1) is 0 Å². The first-order valence-electron chi connectivity index (χ1n) is 6.50. The Hall–Kier alpha value is -1.54. The van der Waals surface area contributed by atoms with Gasteiger partial charge >= 0.3 is 0 Å². The van der Waals surface area contributed by atoms with E-state index in [9.17, 15) is 4.79 Å². The van der Waals surface area contributed by atoms with Crippen molar-refractivity contribution in [2.75, 3.05) is 39.8 Å². The van der Waals surface area contributed by atoms with Crippen LogP contribution in [0, 0.1) is 11.3 Å². The number of piperazine rings is 1. The second-order valence-electron chi connectivity index (χ2n) is 4.60. The third-order valence-corrected chi connectivity index (χ3v) is 3.03. The van der Waals surface area contributed by atoms with Crippen molar-refractivity contribution in [1.82, 2.24) is 15.1 Å². The molecule has 1 saturated heterocycles. The lowest BCUT2D eigenvalue weighted by Crippen LogP contribution is -2.42. The van der Waals surface area contributed by atoms with Gasteiger partial charge in [-0.2, -0.15) is 5.26 Å². The fraction of sp³-hybridized carbons (Fsp3) is 0.692. The average Bonchev–Trinajstić information content (AvgIpc) is 2.38. The number of hydrogen-bond acceptors (Lipinski definition) is 4. The maximum Gasteiger partial charge on any atom is 0.263 e. The summed E-state index contributed by atoms with van der Waals surface area (Å²) in [6.07, 6.45) is 3.66. The Morgan fingerprint density at radius 2 is 2.06 bits per heavy atom. The van der Waals surface area contributed by atoms with Crippen molar-refractivity contribution >= 4 is 5.91 Å². The topological polar surface area (TPSA) is 59.4 Å². The Morgan fingerprint density at radius 3 is 2.61 bits per heavy atom. The zero-order chi connectivity index (χ0) is 13.4. The van der Waals surface area contributed by atoms with E-state index in [1.165, 1.54) is 0 Å². The number of amides is 1. The Kier molecular flexibility index (Phi) is 6.23. The third-order valence-electron chi connectivity index (χ3n) is 3.03. The van der Waals surface area contributed by atoms with E-state index in [1.807, 2.05) is 11.0 Å². The van der Waals surface area contributed by atoms with E-state index in [0.717, 1.165) is 39.0 Å². The monoisotopic (exact) mass is 250 g/mol. The zero-order valence-corrected chi connectivity index (χ0v) is 11.3. The van der Waals surface area contributed by atoms with Crippen molar-refractivity contribution in [2.24, 2.45) is 0 Å². The molecule has 18 heavy (non-hydrogen) atoms. The Balaban J connectivity index is 2.49. The van der Waals surface area contributed by atoms with Crippen molar-refractivity contribution in [3.63, 3.8) is 0 Å². The van der Waals surface area contributed by atoms with Gasteiger partial charge in [0.1, 0.15) is 11.6 Å². The lowest BCUT2D eigenvalue weighted by Gasteiger charge is -2.31. The molecule has 0 aliphatic carbocycles. The maximum atomic E-state index is 11.7. The molecule has 1 rings (SSSR count). The predicted molar refractivity (Wildman–Crippen MR) is 70.7 cm³/mol. The second-order valence-corrected chi connectivity index (χ2v) is 4.60. The third kappa shape index (κ3) is 4.76. The maximum absolute atomic E-state index is 11.7. The molecular weight excluding hydrogens is 228 g/mol. The summed E-state index contributed by atoms with van der Waals surface area (Å²) in [6, 6.07) is 1.98. The largest absolute Gasteiger partial charge is 0.374 e. The molecule has 5 nitrogen and oxygen atoms in total. The van der Waals surface area contributed by atoms with Gasteiger partial charge in [-0.1, -0.05) is 13.3 Å². The smallest absolute Gasteiger partial charge is 0.263 e. The highest BCUT2D eigenvalue weighted by Crippen LogP contribution is 2.03. The summed E-state index contributed by atoms with van der Waals surface area (Å²) >= 11 is 0. The van der Waals surface area contributed by atoms with Crippen molar-refractivity contribution in [3.05, 3.63) is 11.8 Å². The summed E-state index contributed by atoms with van der Waals surface area (Å²) in [5, 5.41) is 11.8. The van der Waals surface area contributed by atoms with Crippen LogP contribution in [0.5, 0.6) is 0 Å². The van der Waals surface area contributed by atoms with E-state index in [4.69, 9.17) is 5.26 Å². The molecule has 1 aliphatic heterocycles. The van der Waals surface area contributed by atoms with Crippen molar-refractivity contribution in [2.45, 2.75) is 19.8 Å². The highest BCUT2D eigenvalue weighted by atomic mass is 16.1. The molecule has 1 amide bonds. The number of unbranched alkanes of at least 4 members (excludes halogenated alkanes) is 1. The fourth-order valence-electron chi connectivity index (χ4n) is 1.75. The Bertz CT molecular complexity index is 337. The summed E-state index contributed by atoms with van der Waals surface area (Å²) in [5.41, 5.74) is 0.204. The van der Waals surface area contributed by atoms with E-state index in [1.54, 1.807) is 6.20 Å². The highest BCUT2D eigenvalue weighted by molar-refractivity contribution is 5.97. The van der Waals surface area contributed by atoms with Crippen LogP contribution >= 0.6 is 0 Å². The summed E-state index contributed by atoms with van der Waals surface area (Å²) in [6.45, 7) is 6.36. The number of nitriles is 1. The number of likely N-dealkylation sites (N-methyl/N-ethyl adjacent to an activating group) is 1. The molecule has 1 heterocycles. The van der Waals surface area contributed by atoms with Crippen molar-refractivity contribution < 1.29 is 4.79 Å². The van der Waals surface area contributed by atoms with E-state index in [0.29, 0.717) is 6.54 Å². The quantitative estimate of drug-likeness (QED) is 0.440. The molecule has 100 valence electrons. The van der Waals surface area contributed by atoms with Gasteiger partial charge in [-0.15, -0.1) is 0 Å². The molecular formula is C13H22N4O. The van der Waals surface area contributed by atoms with Crippen LogP contribution in [0.4, 0.5) is 0 Å². The molecule has 0 saturated carbocycles. The minimum Gasteiger partial charge on any atom is -0.374 e. The van der Waals surface area contributed by atoms with Gasteiger partial charge in [-0.3, -0.25) is 4.79 Å². The van der Waals surface area contributed by atoms with E-state index >= 15 is 0 Å². The molecule has 0 unspecified atom stereocenters. The van der Waals surface area contributed by atoms with Crippen molar-refractivity contribution in [1.29, 1.82) is 5.26 Å². The summed E-state index contributed by atoms with van der Waals surface area (Å²) < 4.78 is 0. The molecule has 5 heteroatoms. The number of rotatable bonds is 5. The molecule has 0 aromatic heterocycles. The van der Waals surface area contributed by atoms with Gasteiger partial charge in [0.25, 0.3) is 5.91 Å². The van der Waals surface area contributed by atoms with Crippen LogP contribution in [0.15, 0.2) is 11.8 Å². The molecule has 0 atom stereocenters. The van der Waals surface area contributed by atoms with Gasteiger partial charge < -0.3 is 15.1 Å². The zero-order valence-electron chi connectivity index (χ0n) is 11.3. The first kappa shape index (κ1) is 14.5. The molecule has 0 spiro atoms. The molecule has 0 radical (unpaired) electrons. The number of nitrogens with one attached hydrogen (secondary N) is 1. The molecule has 1 aliphatic rings. The van der Waals surface area contributed by atoms with E-state index in [-0.39, 0.29) is 11.5 Å². The van der Waals surface area contributed by atoms with Crippen LogP contribution < -0.4 is 5.32 Å². The normalized spacial score (nSPS) is 17.4. The minimum absolute atomic E-state index is 0.204. The van der Waals surface area contributed by atoms with Crippen LogP contribution in [0.1, 0.15) is 19.8 Å². The number of carbonyl (C=O) groups is 1. The average molecular weight is 250 g/mol. The lowest BCUT2D eigenvalue weighted by atomic mass is 10.2. The SMILES string of the molecule is CCCCNC(=O)/C(C#N)=C\N1CCN(C)CC1. The predicted octanol–water partition coefficient (Wildman–Crippen LogP) is 0.558. The van der Waals surface area contributed by atoms with Gasteiger partial charge in [-0.25, -0.2) is 0 Å². The molecule has 1 fully saturated rings. The van der Waals surface area contributed by atoms with Gasteiger partial charge in [0.15, 0.2) is 0 Å². The lowest BCUT2D eigenvalue weighted by molar-refractivity contribution is -0.117. The standard InChI is InChI=1S/C13H22N4O/c1-3-4-5-15-13(18)12(10-14)11-17-8-6-16(2)7-9-17/h11H,3-9H2,1-2H3,(H,15,18)/b12-11-. The number of nitrogens with zero attached hydrogens (tertiary/aromatic N) is 3. The molecule has 0 aromatic rings. The highest BCUT2D eigenvalue weighted by Gasteiger charge is 2.14. The van der Waals surface area contributed by atoms with Gasteiger partial charge in [0.2, 0.25) is 0 Å². The van der Waals surface area contributed by atoms with Crippen molar-refractivity contribution in [3.8, 4) is 6.07 Å². The Morgan fingerprint density at radius 1 is 1.39 bits per heavy atom. The van der Waals surface area contributed by atoms with E-state index in [2.05, 4.69) is 24.2 Å². The van der Waals surface area contributed by atoms with Crippen LogP contribution in [0.3, 0.4) is 0 Å². The number of hydrogen-bond donors (Lipinski definition) is 1. The number of carbonyl (C=O) groups excluding carboxylic acids is 1. The summed E-state index contributed by atoms with van der Waals surface area (Å²) in [5.74, 6) is -0.259. The summed E-state index contributed by atoms with van der Waals surface area (Å²) in [4.78, 5) is 16.0. The van der Waals surface area contributed by atoms with Crippen LogP contribution in [-0.2, 0) is 4.79 Å². The fourth-order valence-corrected chi connectivity index (χ4v) is 1.75. The van der Waals surface area contributed by atoms with Gasteiger partial charge in [0, 0.05) is 38.9 Å². The molecule has 0 bridgehead atoms. The molecule has 0 aromatic carbocycles. The Labute approximate surface area is 109 Å².